The number of rotatable bonds is 3. The number of hydrogen-bond donors (Lipinski definition) is 3. The van der Waals surface area contributed by atoms with E-state index in [0.29, 0.717) is 18.4 Å². The lowest BCUT2D eigenvalue weighted by molar-refractivity contribution is -0.127. The first-order valence-electron chi connectivity index (χ1n) is 8.28. The quantitative estimate of drug-likeness (QED) is 0.803. The molecule has 4 N–H and O–H groups in total. The smallest absolute Gasteiger partial charge is 0.248 e. The zero-order chi connectivity index (χ0) is 16.0. The fourth-order valence-corrected chi connectivity index (χ4v) is 4.45. The Morgan fingerprint density at radius 1 is 1.26 bits per heavy atom. The van der Waals surface area contributed by atoms with Gasteiger partial charge in [0.05, 0.1) is 5.92 Å². The van der Waals surface area contributed by atoms with Crippen molar-refractivity contribution >= 4 is 16.8 Å². The van der Waals surface area contributed by atoms with Crippen LogP contribution in [0.5, 0.6) is 0 Å². The first-order chi connectivity index (χ1) is 11.1. The summed E-state index contributed by atoms with van der Waals surface area (Å²) in [5, 5.41) is 3.97. The lowest BCUT2D eigenvalue weighted by atomic mass is 9.84. The van der Waals surface area contributed by atoms with Crippen LogP contribution in [0.25, 0.3) is 10.9 Å². The highest BCUT2D eigenvalue weighted by Crippen LogP contribution is 2.47. The molecule has 2 bridgehead atoms. The highest BCUT2D eigenvalue weighted by atomic mass is 16.2. The number of benzene rings is 1. The third-order valence-electron chi connectivity index (χ3n) is 5.57. The van der Waals surface area contributed by atoms with Gasteiger partial charge in [0.25, 0.3) is 0 Å². The minimum atomic E-state index is -0.149. The van der Waals surface area contributed by atoms with Gasteiger partial charge in [0.1, 0.15) is 0 Å². The second kappa shape index (κ2) is 5.49. The summed E-state index contributed by atoms with van der Waals surface area (Å²) in [6, 6.07) is 9.18. The standard InChI is InChI=1S/C18H21N3O2/c19-17-11-6-5-10(7-11)16(17)18(23)20-9-12-8-15(22)21-14-4-2-1-3-13(12)14/h1-4,8,10-11,16-17H,5-7,9,19H2,(H,20,23)(H,21,22). The summed E-state index contributed by atoms with van der Waals surface area (Å²) in [4.78, 5) is 27.1. The molecular formula is C18H21N3O2. The monoisotopic (exact) mass is 311 g/mol. The molecule has 0 radical (unpaired) electrons. The second-order valence-corrected chi connectivity index (χ2v) is 6.86. The van der Waals surface area contributed by atoms with Crippen LogP contribution in [-0.2, 0) is 11.3 Å². The molecule has 23 heavy (non-hydrogen) atoms. The first-order valence-corrected chi connectivity index (χ1v) is 8.28. The maximum atomic E-state index is 12.6. The fourth-order valence-electron chi connectivity index (χ4n) is 4.45. The van der Waals surface area contributed by atoms with Gasteiger partial charge >= 0.3 is 0 Å². The van der Waals surface area contributed by atoms with Crippen LogP contribution in [0.4, 0.5) is 0 Å². The van der Waals surface area contributed by atoms with E-state index in [2.05, 4.69) is 10.3 Å². The molecule has 2 aromatic rings. The van der Waals surface area contributed by atoms with E-state index < -0.39 is 0 Å². The van der Waals surface area contributed by atoms with Crippen LogP contribution in [0.3, 0.4) is 0 Å². The number of H-pyrrole nitrogens is 1. The maximum absolute atomic E-state index is 12.6. The number of carbonyl (C=O) groups is 1. The van der Waals surface area contributed by atoms with Crippen molar-refractivity contribution in [2.75, 3.05) is 0 Å². The molecule has 4 atom stereocenters. The zero-order valence-corrected chi connectivity index (χ0v) is 12.9. The number of hydrogen-bond acceptors (Lipinski definition) is 3. The molecule has 5 nitrogen and oxygen atoms in total. The zero-order valence-electron chi connectivity index (χ0n) is 12.9. The van der Waals surface area contributed by atoms with Crippen molar-refractivity contribution < 1.29 is 4.79 Å². The number of para-hydroxylation sites is 1. The van der Waals surface area contributed by atoms with Gasteiger partial charge in [0, 0.05) is 29.6 Å². The Balaban J connectivity index is 1.53. The Hall–Kier alpha value is -2.14. The summed E-state index contributed by atoms with van der Waals surface area (Å²) < 4.78 is 0. The maximum Gasteiger partial charge on any atom is 0.248 e. The molecule has 2 aliphatic carbocycles. The molecule has 0 saturated heterocycles. The number of fused-ring (bicyclic) bond motifs is 3. The van der Waals surface area contributed by atoms with E-state index in [1.807, 2.05) is 24.3 Å². The molecule has 2 aliphatic rings. The van der Waals surface area contributed by atoms with E-state index in [1.54, 1.807) is 6.07 Å². The van der Waals surface area contributed by atoms with Crippen molar-refractivity contribution in [3.05, 3.63) is 46.2 Å². The number of carbonyl (C=O) groups excluding carboxylic acids is 1. The molecule has 1 aromatic heterocycles. The summed E-state index contributed by atoms with van der Waals surface area (Å²) in [5.41, 5.74) is 7.72. The van der Waals surface area contributed by atoms with Gasteiger partial charge in [-0.1, -0.05) is 18.2 Å². The molecule has 4 unspecified atom stereocenters. The van der Waals surface area contributed by atoms with Crippen molar-refractivity contribution in [3.63, 3.8) is 0 Å². The summed E-state index contributed by atoms with van der Waals surface area (Å²) >= 11 is 0. The van der Waals surface area contributed by atoms with Gasteiger partial charge in [0.2, 0.25) is 11.5 Å². The van der Waals surface area contributed by atoms with E-state index in [1.165, 1.54) is 0 Å². The highest BCUT2D eigenvalue weighted by Gasteiger charge is 2.48. The summed E-state index contributed by atoms with van der Waals surface area (Å²) in [5.74, 6) is 0.915. The third-order valence-corrected chi connectivity index (χ3v) is 5.57. The number of aromatic nitrogens is 1. The minimum Gasteiger partial charge on any atom is -0.352 e. The average molecular weight is 311 g/mol. The van der Waals surface area contributed by atoms with Crippen LogP contribution in [0.1, 0.15) is 24.8 Å². The molecule has 0 aliphatic heterocycles. The third kappa shape index (κ3) is 2.45. The average Bonchev–Trinajstić information content (AvgIpc) is 3.13. The second-order valence-electron chi connectivity index (χ2n) is 6.86. The SMILES string of the molecule is NC1C2CCC(C2)C1C(=O)NCc1cc(=O)[nH]c2ccccc12. The normalized spacial score (nSPS) is 29.1. The number of pyridine rings is 1. The minimum absolute atomic E-state index is 0.00956. The van der Waals surface area contributed by atoms with Crippen LogP contribution < -0.4 is 16.6 Å². The number of aromatic amines is 1. The van der Waals surface area contributed by atoms with E-state index >= 15 is 0 Å². The predicted octanol–water partition coefficient (Wildman–Crippen LogP) is 1.52. The van der Waals surface area contributed by atoms with Gasteiger partial charge in [-0.2, -0.15) is 0 Å². The number of nitrogens with one attached hydrogen (secondary N) is 2. The van der Waals surface area contributed by atoms with Gasteiger partial charge in [-0.05, 0) is 42.7 Å². The molecule has 120 valence electrons. The molecular weight excluding hydrogens is 290 g/mol. The van der Waals surface area contributed by atoms with Gasteiger partial charge in [0.15, 0.2) is 0 Å². The Kier molecular flexibility index (Phi) is 3.45. The Bertz CT molecular complexity index is 811. The Labute approximate surface area is 134 Å². The van der Waals surface area contributed by atoms with Crippen molar-refractivity contribution in [2.45, 2.75) is 31.8 Å². The highest BCUT2D eigenvalue weighted by molar-refractivity contribution is 5.84. The molecule has 0 spiro atoms. The van der Waals surface area contributed by atoms with E-state index in [4.69, 9.17) is 5.73 Å². The number of nitrogens with two attached hydrogens (primary N) is 1. The molecule has 1 heterocycles. The van der Waals surface area contributed by atoms with Crippen molar-refractivity contribution in [1.29, 1.82) is 0 Å². The van der Waals surface area contributed by atoms with Crippen molar-refractivity contribution in [2.24, 2.45) is 23.5 Å². The topological polar surface area (TPSA) is 88.0 Å². The van der Waals surface area contributed by atoms with Crippen LogP contribution in [0.15, 0.2) is 35.1 Å². The lowest BCUT2D eigenvalue weighted by Crippen LogP contribution is -2.45. The molecule has 1 aromatic carbocycles. The van der Waals surface area contributed by atoms with E-state index in [0.717, 1.165) is 35.7 Å². The Morgan fingerprint density at radius 2 is 2.04 bits per heavy atom. The van der Waals surface area contributed by atoms with Crippen molar-refractivity contribution in [3.8, 4) is 0 Å². The van der Waals surface area contributed by atoms with E-state index in [9.17, 15) is 9.59 Å². The number of amides is 1. The van der Waals surface area contributed by atoms with Gasteiger partial charge in [-0.15, -0.1) is 0 Å². The largest absolute Gasteiger partial charge is 0.352 e. The van der Waals surface area contributed by atoms with Gasteiger partial charge in [-0.25, -0.2) is 0 Å². The fraction of sp³-hybridized carbons (Fsp3) is 0.444. The molecule has 2 fully saturated rings. The Morgan fingerprint density at radius 3 is 2.83 bits per heavy atom. The molecule has 2 saturated carbocycles. The van der Waals surface area contributed by atoms with Gasteiger partial charge < -0.3 is 16.0 Å². The van der Waals surface area contributed by atoms with Crippen LogP contribution in [-0.4, -0.2) is 16.9 Å². The summed E-state index contributed by atoms with van der Waals surface area (Å²) in [6.45, 7) is 0.365. The summed E-state index contributed by atoms with van der Waals surface area (Å²) in [6.07, 6.45) is 3.37. The molecule has 1 amide bonds. The van der Waals surface area contributed by atoms with E-state index in [-0.39, 0.29) is 23.4 Å². The van der Waals surface area contributed by atoms with Crippen molar-refractivity contribution in [1.82, 2.24) is 10.3 Å². The van der Waals surface area contributed by atoms with Crippen LogP contribution in [0.2, 0.25) is 0 Å². The van der Waals surface area contributed by atoms with Crippen LogP contribution in [0, 0.1) is 17.8 Å². The van der Waals surface area contributed by atoms with Crippen LogP contribution >= 0.6 is 0 Å². The first kappa shape index (κ1) is 14.5. The lowest BCUT2D eigenvalue weighted by Gasteiger charge is -2.27. The van der Waals surface area contributed by atoms with Gasteiger partial charge in [-0.3, -0.25) is 9.59 Å². The predicted molar refractivity (Wildman–Crippen MR) is 88.7 cm³/mol. The summed E-state index contributed by atoms with van der Waals surface area (Å²) in [7, 11) is 0. The molecule has 5 heteroatoms. The molecule has 4 rings (SSSR count).